The maximum absolute atomic E-state index is 10.8. The molecule has 1 aliphatic heterocycles. The van der Waals surface area contributed by atoms with E-state index in [1.807, 2.05) is 38.1 Å². The van der Waals surface area contributed by atoms with Crippen molar-refractivity contribution in [3.63, 3.8) is 0 Å². The zero-order valence-corrected chi connectivity index (χ0v) is 14.1. The summed E-state index contributed by atoms with van der Waals surface area (Å²) < 4.78 is 0. The van der Waals surface area contributed by atoms with Gasteiger partial charge in [-0.3, -0.25) is 9.78 Å². The Morgan fingerprint density at radius 3 is 2.71 bits per heavy atom. The average molecular weight is 326 g/mol. The molecule has 0 bridgehead atoms. The third-order valence-electron chi connectivity index (χ3n) is 4.24. The SMILES string of the molecule is Cc1cc(C)nc(N2CCCC2c2cccc(CCC(=O)O)n2)n1. The number of hydrogen-bond acceptors (Lipinski definition) is 5. The van der Waals surface area contributed by atoms with Crippen LogP contribution >= 0.6 is 0 Å². The van der Waals surface area contributed by atoms with Crippen LogP contribution in [0.4, 0.5) is 5.95 Å². The molecule has 1 saturated heterocycles. The minimum absolute atomic E-state index is 0.102. The summed E-state index contributed by atoms with van der Waals surface area (Å²) >= 11 is 0. The topological polar surface area (TPSA) is 79.2 Å². The normalized spacial score (nSPS) is 17.2. The number of nitrogens with zero attached hydrogens (tertiary/aromatic N) is 4. The molecule has 1 fully saturated rings. The lowest BCUT2D eigenvalue weighted by atomic mass is 10.1. The minimum Gasteiger partial charge on any atom is -0.481 e. The number of carboxylic acid groups (broad SMARTS) is 1. The van der Waals surface area contributed by atoms with Crippen molar-refractivity contribution >= 4 is 11.9 Å². The molecule has 0 saturated carbocycles. The number of aliphatic carboxylic acids is 1. The standard InChI is InChI=1S/C18H22N4O2/c1-12-11-13(2)20-18(19-12)22-10-4-7-16(22)15-6-3-5-14(21-15)8-9-17(23)24/h3,5-6,11,16H,4,7-10H2,1-2H3,(H,23,24). The van der Waals surface area contributed by atoms with Crippen molar-refractivity contribution in [2.24, 2.45) is 0 Å². The molecule has 0 aliphatic carbocycles. The molecular formula is C18H22N4O2. The molecule has 0 spiro atoms. The molecule has 0 amide bonds. The molecule has 0 radical (unpaired) electrons. The quantitative estimate of drug-likeness (QED) is 0.910. The van der Waals surface area contributed by atoms with Gasteiger partial charge in [-0.1, -0.05) is 6.07 Å². The van der Waals surface area contributed by atoms with E-state index in [4.69, 9.17) is 5.11 Å². The number of aromatic nitrogens is 3. The van der Waals surface area contributed by atoms with Crippen molar-refractivity contribution in [3.05, 3.63) is 47.0 Å². The zero-order valence-electron chi connectivity index (χ0n) is 14.1. The van der Waals surface area contributed by atoms with Gasteiger partial charge in [0.2, 0.25) is 5.95 Å². The van der Waals surface area contributed by atoms with Crippen LogP contribution in [0.15, 0.2) is 24.3 Å². The largest absolute Gasteiger partial charge is 0.481 e. The van der Waals surface area contributed by atoms with Crippen molar-refractivity contribution < 1.29 is 9.90 Å². The molecule has 2 aromatic heterocycles. The van der Waals surface area contributed by atoms with Crippen LogP contribution in [-0.4, -0.2) is 32.6 Å². The molecule has 6 heteroatoms. The van der Waals surface area contributed by atoms with Crippen molar-refractivity contribution in [3.8, 4) is 0 Å². The lowest BCUT2D eigenvalue weighted by Gasteiger charge is -2.25. The summed E-state index contributed by atoms with van der Waals surface area (Å²) in [5, 5.41) is 8.85. The summed E-state index contributed by atoms with van der Waals surface area (Å²) in [5.74, 6) is -0.0407. The highest BCUT2D eigenvalue weighted by molar-refractivity contribution is 5.66. The Labute approximate surface area is 141 Å². The predicted octanol–water partition coefficient (Wildman–Crippen LogP) is 2.85. The van der Waals surface area contributed by atoms with Crippen molar-refractivity contribution in [2.75, 3.05) is 11.4 Å². The molecule has 126 valence electrons. The third kappa shape index (κ3) is 3.69. The summed E-state index contributed by atoms with van der Waals surface area (Å²) in [6.45, 7) is 4.87. The van der Waals surface area contributed by atoms with E-state index in [0.29, 0.717) is 6.42 Å². The Kier molecular flexibility index (Phi) is 4.74. The van der Waals surface area contributed by atoms with E-state index in [1.54, 1.807) is 0 Å². The lowest BCUT2D eigenvalue weighted by Crippen LogP contribution is -2.26. The molecule has 3 rings (SSSR count). The molecule has 1 N–H and O–H groups in total. The molecule has 2 aromatic rings. The molecular weight excluding hydrogens is 304 g/mol. The maximum atomic E-state index is 10.8. The van der Waals surface area contributed by atoms with Gasteiger partial charge >= 0.3 is 5.97 Å². The van der Waals surface area contributed by atoms with Gasteiger partial charge in [0.25, 0.3) is 0 Å². The van der Waals surface area contributed by atoms with Gasteiger partial charge in [0, 0.05) is 30.0 Å². The van der Waals surface area contributed by atoms with Crippen LogP contribution in [0.3, 0.4) is 0 Å². The Morgan fingerprint density at radius 1 is 1.25 bits per heavy atom. The summed E-state index contributed by atoms with van der Waals surface area (Å²) in [4.78, 5) is 26.8. The Balaban J connectivity index is 1.85. The number of anilines is 1. The molecule has 0 aromatic carbocycles. The van der Waals surface area contributed by atoms with E-state index in [-0.39, 0.29) is 12.5 Å². The van der Waals surface area contributed by atoms with E-state index in [0.717, 1.165) is 48.1 Å². The Morgan fingerprint density at radius 2 is 2.00 bits per heavy atom. The summed E-state index contributed by atoms with van der Waals surface area (Å²) in [6.07, 6.45) is 2.63. The maximum Gasteiger partial charge on any atom is 0.303 e. The first-order valence-corrected chi connectivity index (χ1v) is 8.29. The van der Waals surface area contributed by atoms with E-state index in [2.05, 4.69) is 19.9 Å². The van der Waals surface area contributed by atoms with E-state index >= 15 is 0 Å². The monoisotopic (exact) mass is 326 g/mol. The molecule has 1 aliphatic rings. The van der Waals surface area contributed by atoms with Gasteiger partial charge in [0.15, 0.2) is 0 Å². The van der Waals surface area contributed by atoms with Gasteiger partial charge in [-0.15, -0.1) is 0 Å². The van der Waals surface area contributed by atoms with E-state index < -0.39 is 5.97 Å². The molecule has 1 atom stereocenters. The average Bonchev–Trinajstić information content (AvgIpc) is 3.02. The minimum atomic E-state index is -0.798. The van der Waals surface area contributed by atoms with Crippen molar-refractivity contribution in [2.45, 2.75) is 45.6 Å². The summed E-state index contributed by atoms with van der Waals surface area (Å²) in [6, 6.07) is 7.98. The molecule has 6 nitrogen and oxygen atoms in total. The zero-order chi connectivity index (χ0) is 17.1. The number of hydrogen-bond donors (Lipinski definition) is 1. The number of carboxylic acids is 1. The fraction of sp³-hybridized carbons (Fsp3) is 0.444. The number of aryl methyl sites for hydroxylation is 3. The molecule has 3 heterocycles. The summed E-state index contributed by atoms with van der Waals surface area (Å²) in [5.41, 5.74) is 3.72. The first-order valence-electron chi connectivity index (χ1n) is 8.29. The molecule has 24 heavy (non-hydrogen) atoms. The van der Waals surface area contributed by atoms with E-state index in [1.165, 1.54) is 0 Å². The summed E-state index contributed by atoms with van der Waals surface area (Å²) in [7, 11) is 0. The van der Waals surface area contributed by atoms with Crippen LogP contribution in [0.2, 0.25) is 0 Å². The fourth-order valence-electron chi connectivity index (χ4n) is 3.21. The van der Waals surface area contributed by atoms with Crippen LogP contribution in [-0.2, 0) is 11.2 Å². The number of rotatable bonds is 5. The Bertz CT molecular complexity index is 727. The van der Waals surface area contributed by atoms with Gasteiger partial charge in [0.05, 0.1) is 18.2 Å². The first kappa shape index (κ1) is 16.4. The highest BCUT2D eigenvalue weighted by atomic mass is 16.4. The molecule has 1 unspecified atom stereocenters. The highest BCUT2D eigenvalue weighted by Gasteiger charge is 2.29. The first-order chi connectivity index (χ1) is 11.5. The van der Waals surface area contributed by atoms with Gasteiger partial charge in [-0.2, -0.15) is 0 Å². The van der Waals surface area contributed by atoms with Crippen LogP contribution in [0.1, 0.15) is 48.1 Å². The Hall–Kier alpha value is -2.50. The second-order valence-electron chi connectivity index (χ2n) is 6.25. The number of pyridine rings is 1. The lowest BCUT2D eigenvalue weighted by molar-refractivity contribution is -0.136. The van der Waals surface area contributed by atoms with Crippen LogP contribution < -0.4 is 4.90 Å². The van der Waals surface area contributed by atoms with Crippen LogP contribution in [0.25, 0.3) is 0 Å². The van der Waals surface area contributed by atoms with Crippen molar-refractivity contribution in [1.82, 2.24) is 15.0 Å². The number of carbonyl (C=O) groups is 1. The van der Waals surface area contributed by atoms with Gasteiger partial charge < -0.3 is 10.0 Å². The van der Waals surface area contributed by atoms with Crippen molar-refractivity contribution in [1.29, 1.82) is 0 Å². The highest BCUT2D eigenvalue weighted by Crippen LogP contribution is 2.33. The van der Waals surface area contributed by atoms with E-state index in [9.17, 15) is 4.79 Å². The second kappa shape index (κ2) is 6.95. The van der Waals surface area contributed by atoms with Crippen LogP contribution in [0.5, 0.6) is 0 Å². The second-order valence-corrected chi connectivity index (χ2v) is 6.25. The smallest absolute Gasteiger partial charge is 0.303 e. The van der Waals surface area contributed by atoms with Gasteiger partial charge in [0.1, 0.15) is 0 Å². The van der Waals surface area contributed by atoms with Gasteiger partial charge in [-0.25, -0.2) is 9.97 Å². The predicted molar refractivity (Wildman–Crippen MR) is 91.0 cm³/mol. The van der Waals surface area contributed by atoms with Crippen LogP contribution in [0, 0.1) is 13.8 Å². The third-order valence-corrected chi connectivity index (χ3v) is 4.24. The fourth-order valence-corrected chi connectivity index (χ4v) is 3.21. The van der Waals surface area contributed by atoms with Gasteiger partial charge in [-0.05, 0) is 44.9 Å².